The van der Waals surface area contributed by atoms with Crippen LogP contribution in [0.4, 0.5) is 0 Å². The van der Waals surface area contributed by atoms with Gasteiger partial charge in [0.05, 0.1) is 6.10 Å². The van der Waals surface area contributed by atoms with E-state index in [-0.39, 0.29) is 65.2 Å². The molecule has 0 heterocycles. The number of rotatable bonds is 3. The van der Waals surface area contributed by atoms with Gasteiger partial charge in [0, 0.05) is 0 Å². The van der Waals surface area contributed by atoms with Crippen molar-refractivity contribution in [3.8, 4) is 0 Å². The van der Waals surface area contributed by atoms with E-state index in [1.807, 2.05) is 6.92 Å². The van der Waals surface area contributed by atoms with E-state index in [0.717, 1.165) is 6.42 Å². The van der Waals surface area contributed by atoms with Crippen molar-refractivity contribution in [3.05, 3.63) is 0 Å². The van der Waals surface area contributed by atoms with Gasteiger partial charge in [0.25, 0.3) is 0 Å². The van der Waals surface area contributed by atoms with Crippen LogP contribution in [0.3, 0.4) is 0 Å². The van der Waals surface area contributed by atoms with Crippen molar-refractivity contribution >= 4 is 29.7 Å². The molecule has 0 aliphatic carbocycles. The molecule has 0 aromatic rings. The normalized spacial score (nSPS) is 17.1. The minimum Gasteiger partial charge on any atom is -0.819 e. The van der Waals surface area contributed by atoms with Crippen LogP contribution in [0.1, 0.15) is 20.3 Å². The van der Waals surface area contributed by atoms with E-state index in [4.69, 9.17) is 4.52 Å². The van der Waals surface area contributed by atoms with Crippen molar-refractivity contribution in [1.82, 2.24) is 0 Å². The average molecular weight is 230 g/mol. The molecule has 0 amide bonds. The van der Waals surface area contributed by atoms with E-state index in [9.17, 15) is 4.89 Å². The van der Waals surface area contributed by atoms with E-state index in [1.165, 1.54) is 0 Å². The minimum atomic E-state index is -3.07. The summed E-state index contributed by atoms with van der Waals surface area (Å²) in [6.07, 6.45) is 0.711. The summed E-state index contributed by atoms with van der Waals surface area (Å²) < 4.78 is 4.77. The topological polar surface area (TPSA) is 32.3 Å². The molecule has 0 saturated heterocycles. The Labute approximate surface area is 123 Å². The Morgan fingerprint density at radius 2 is 2.00 bits per heavy atom. The van der Waals surface area contributed by atoms with E-state index in [2.05, 4.69) is 24.1 Å². The first-order chi connectivity index (χ1) is 3.95. The van der Waals surface area contributed by atoms with Crippen LogP contribution in [-0.2, 0) is 28.6 Å². The Morgan fingerprint density at radius 1 is 1.64 bits per heavy atom. The fraction of sp³-hybridized carbons (Fsp3) is 1.00. The molecule has 2 unspecified atom stereocenters. The number of hydrogen-bond donors (Lipinski definition) is 0. The summed E-state index contributed by atoms with van der Waals surface area (Å²) in [6.45, 7) is 3.72. The Morgan fingerprint density at radius 3 is 2.09 bits per heavy atom. The molecule has 0 fully saturated rings. The van der Waals surface area contributed by atoms with Crippen molar-refractivity contribution < 1.29 is 68.5 Å². The first-order valence-corrected chi connectivity index (χ1v) is 6.31. The maximum atomic E-state index is 10.6. The minimum absolute atomic E-state index is 0. The van der Waals surface area contributed by atoms with Gasteiger partial charge in [0.2, 0.25) is 0 Å². The molecule has 0 aromatic carbocycles. The molecule has 0 rings (SSSR count). The van der Waals surface area contributed by atoms with Gasteiger partial charge in [-0.15, -0.1) is 17.5 Å². The van der Waals surface area contributed by atoms with E-state index >= 15 is 0 Å². The largest absolute Gasteiger partial charge is 1.00 e. The SMILES string of the molecule is CCC(C)OP([O-])(=S)[S-].[Na+].[Na+]. The fourth-order valence-electron chi connectivity index (χ4n) is 0.295. The Kier molecular flexibility index (Phi) is 16.8. The molecular formula is C4H9Na2O2PS2. The molecule has 0 bridgehead atoms. The first kappa shape index (κ1) is 19.5. The standard InChI is InChI=1S/C4H11O2PS2.2Na/c1-3-4(2)6-7(5,8)9;;/h4H,3H2,1-2H3,(H2,5,8,9);;/q;2*+1/p-2. The summed E-state index contributed by atoms with van der Waals surface area (Å²) in [4.78, 5) is 10.6. The second kappa shape index (κ2) is 9.47. The molecule has 0 saturated carbocycles. The summed E-state index contributed by atoms with van der Waals surface area (Å²) in [5.41, 5.74) is -3.07. The third-order valence-corrected chi connectivity index (χ3v) is 2.02. The van der Waals surface area contributed by atoms with Crippen LogP contribution in [0.15, 0.2) is 0 Å². The van der Waals surface area contributed by atoms with Gasteiger partial charge in [0.15, 0.2) is 0 Å². The summed E-state index contributed by atoms with van der Waals surface area (Å²) >= 11 is 8.75. The van der Waals surface area contributed by atoms with Gasteiger partial charge < -0.3 is 21.7 Å². The molecule has 0 radical (unpaired) electrons. The van der Waals surface area contributed by atoms with Gasteiger partial charge in [0.1, 0.15) is 0 Å². The molecule has 0 aliphatic heterocycles. The zero-order valence-corrected chi connectivity index (χ0v) is 13.9. The van der Waals surface area contributed by atoms with Crippen molar-refractivity contribution in [3.63, 3.8) is 0 Å². The predicted octanol–water partition coefficient (Wildman–Crippen LogP) is -5.06. The molecule has 56 valence electrons. The second-order valence-electron chi connectivity index (χ2n) is 1.77. The van der Waals surface area contributed by atoms with E-state index in [0.29, 0.717) is 0 Å². The van der Waals surface area contributed by atoms with Crippen LogP contribution in [0, 0.1) is 0 Å². The van der Waals surface area contributed by atoms with Crippen molar-refractivity contribution in [2.24, 2.45) is 0 Å². The van der Waals surface area contributed by atoms with Crippen LogP contribution < -0.4 is 64.0 Å². The monoisotopic (exact) mass is 230 g/mol. The van der Waals surface area contributed by atoms with Crippen molar-refractivity contribution in [1.29, 1.82) is 0 Å². The van der Waals surface area contributed by atoms with Crippen LogP contribution in [0.2, 0.25) is 0 Å². The molecular weight excluding hydrogens is 221 g/mol. The maximum absolute atomic E-state index is 10.6. The Hall–Kier alpha value is 2.92. The summed E-state index contributed by atoms with van der Waals surface area (Å²) in [5, 5.41) is 0. The third kappa shape index (κ3) is 15.7. The van der Waals surface area contributed by atoms with Gasteiger partial charge in [-0.05, 0) is 13.3 Å². The smallest absolute Gasteiger partial charge is 0.819 e. The summed E-state index contributed by atoms with van der Waals surface area (Å²) in [5.74, 6) is 0. The van der Waals surface area contributed by atoms with Gasteiger partial charge in [-0.1, -0.05) is 6.92 Å². The molecule has 7 heteroatoms. The molecule has 0 N–H and O–H groups in total. The van der Waals surface area contributed by atoms with Crippen LogP contribution in [0.5, 0.6) is 0 Å². The zero-order chi connectivity index (χ0) is 7.49. The van der Waals surface area contributed by atoms with E-state index in [1.54, 1.807) is 6.92 Å². The molecule has 0 aliphatic rings. The number of hydrogen-bond acceptors (Lipinski definition) is 4. The molecule has 0 spiro atoms. The predicted molar refractivity (Wildman–Crippen MR) is 42.5 cm³/mol. The zero-order valence-electron chi connectivity index (χ0n) is 7.36. The average Bonchev–Trinajstić information content (AvgIpc) is 1.62. The first-order valence-electron chi connectivity index (χ1n) is 2.66. The van der Waals surface area contributed by atoms with Crippen molar-refractivity contribution in [2.45, 2.75) is 26.4 Å². The third-order valence-electron chi connectivity index (χ3n) is 0.884. The Bertz CT molecular complexity index is 129. The summed E-state index contributed by atoms with van der Waals surface area (Å²) in [6, 6.07) is 0. The van der Waals surface area contributed by atoms with Crippen LogP contribution in [0.25, 0.3) is 0 Å². The molecule has 0 aromatic heterocycles. The van der Waals surface area contributed by atoms with E-state index < -0.39 is 5.69 Å². The quantitative estimate of drug-likeness (QED) is 0.276. The second-order valence-corrected chi connectivity index (χ2v) is 6.45. The molecule has 2 atom stereocenters. The van der Waals surface area contributed by atoms with Gasteiger partial charge >= 0.3 is 59.1 Å². The Balaban J connectivity index is -0.000000320. The van der Waals surface area contributed by atoms with Gasteiger partial charge in [-0.2, -0.15) is 0 Å². The summed E-state index contributed by atoms with van der Waals surface area (Å²) in [7, 11) is 0. The fourth-order valence-corrected chi connectivity index (χ4v) is 1.77. The molecule has 11 heavy (non-hydrogen) atoms. The maximum Gasteiger partial charge on any atom is 1.00 e. The van der Waals surface area contributed by atoms with Gasteiger partial charge in [-0.25, -0.2) is 0 Å². The van der Waals surface area contributed by atoms with Crippen LogP contribution >= 0.6 is 5.69 Å². The molecule has 2 nitrogen and oxygen atoms in total. The van der Waals surface area contributed by atoms with Crippen molar-refractivity contribution in [2.75, 3.05) is 0 Å². The van der Waals surface area contributed by atoms with Crippen LogP contribution in [-0.4, -0.2) is 6.10 Å². The van der Waals surface area contributed by atoms with Gasteiger partial charge in [-0.3, -0.25) is 0 Å².